The van der Waals surface area contributed by atoms with Crippen molar-refractivity contribution in [2.24, 2.45) is 4.99 Å². The second-order valence-corrected chi connectivity index (χ2v) is 6.55. The average Bonchev–Trinajstić information content (AvgIpc) is 3.06. The van der Waals surface area contributed by atoms with E-state index in [1.54, 1.807) is 25.5 Å². The second-order valence-electron chi connectivity index (χ2n) is 6.55. The minimum atomic E-state index is -4.15. The van der Waals surface area contributed by atoms with Crippen LogP contribution in [-0.4, -0.2) is 90.8 Å². The summed E-state index contributed by atoms with van der Waals surface area (Å²) in [5.74, 6) is 1.46. The van der Waals surface area contributed by atoms with Gasteiger partial charge >= 0.3 is 6.18 Å². The lowest BCUT2D eigenvalue weighted by Crippen LogP contribution is -2.55. The number of guanidine groups is 1. The molecular weight excluding hydrogens is 474 g/mol. The van der Waals surface area contributed by atoms with E-state index < -0.39 is 12.7 Å². The zero-order valence-corrected chi connectivity index (χ0v) is 17.5. The molecule has 2 aliphatic heterocycles. The van der Waals surface area contributed by atoms with E-state index >= 15 is 0 Å². The van der Waals surface area contributed by atoms with Crippen LogP contribution in [0.15, 0.2) is 23.5 Å². The molecule has 11 heteroatoms. The molecule has 152 valence electrons. The summed E-state index contributed by atoms with van der Waals surface area (Å²) in [6.45, 7) is 3.06. The Morgan fingerprint density at radius 2 is 1.85 bits per heavy atom. The molecule has 1 atom stereocenters. The smallest absolute Gasteiger partial charge is 0.352 e. The van der Waals surface area contributed by atoms with E-state index in [4.69, 9.17) is 0 Å². The van der Waals surface area contributed by atoms with Crippen LogP contribution in [0.5, 0.6) is 0 Å². The first-order valence-corrected chi connectivity index (χ1v) is 8.74. The van der Waals surface area contributed by atoms with Crippen LogP contribution in [0.2, 0.25) is 0 Å². The highest BCUT2D eigenvalue weighted by molar-refractivity contribution is 14.0. The molecule has 0 aromatic carbocycles. The van der Waals surface area contributed by atoms with Gasteiger partial charge in [-0.05, 0) is 12.5 Å². The van der Waals surface area contributed by atoms with Crippen LogP contribution in [0.4, 0.5) is 19.1 Å². The Bertz CT molecular complexity index is 606. The van der Waals surface area contributed by atoms with E-state index in [9.17, 15) is 13.2 Å². The van der Waals surface area contributed by atoms with Crippen molar-refractivity contribution in [1.82, 2.24) is 25.1 Å². The number of anilines is 1. The fraction of sp³-hybridized carbons (Fsp3) is 0.688. The molecule has 7 nitrogen and oxygen atoms in total. The maximum atomic E-state index is 12.5. The number of aliphatic imine (C=N–C) groups is 1. The Kier molecular flexibility index (Phi) is 7.89. The van der Waals surface area contributed by atoms with Gasteiger partial charge in [-0.2, -0.15) is 13.2 Å². The van der Waals surface area contributed by atoms with Crippen molar-refractivity contribution in [1.29, 1.82) is 0 Å². The minimum absolute atomic E-state index is 0. The number of hydrogen-bond donors (Lipinski definition) is 1. The van der Waals surface area contributed by atoms with Crippen LogP contribution >= 0.6 is 24.0 Å². The molecule has 2 aliphatic rings. The van der Waals surface area contributed by atoms with E-state index in [0.29, 0.717) is 25.5 Å². The fourth-order valence-electron chi connectivity index (χ4n) is 3.40. The third-order valence-electron chi connectivity index (χ3n) is 4.63. The van der Waals surface area contributed by atoms with Gasteiger partial charge in [0.2, 0.25) is 5.95 Å². The molecule has 2 saturated heterocycles. The Labute approximate surface area is 174 Å². The van der Waals surface area contributed by atoms with E-state index in [1.807, 2.05) is 0 Å². The predicted molar refractivity (Wildman–Crippen MR) is 109 cm³/mol. The monoisotopic (exact) mass is 499 g/mol. The van der Waals surface area contributed by atoms with E-state index in [1.165, 1.54) is 4.90 Å². The van der Waals surface area contributed by atoms with E-state index in [2.05, 4.69) is 30.1 Å². The normalized spacial score (nSPS) is 21.9. The summed E-state index contributed by atoms with van der Waals surface area (Å²) in [4.78, 5) is 18.5. The Morgan fingerprint density at radius 3 is 2.44 bits per heavy atom. The number of aromatic nitrogens is 2. The van der Waals surface area contributed by atoms with Gasteiger partial charge in [0, 0.05) is 64.8 Å². The number of hydrogen-bond acceptors (Lipinski definition) is 5. The van der Waals surface area contributed by atoms with Crippen molar-refractivity contribution >= 4 is 35.9 Å². The summed E-state index contributed by atoms with van der Waals surface area (Å²) in [6, 6.07) is 1.78. The molecule has 1 aromatic rings. The van der Waals surface area contributed by atoms with Gasteiger partial charge in [-0.15, -0.1) is 24.0 Å². The molecular formula is C16H25F3IN7. The lowest BCUT2D eigenvalue weighted by Gasteiger charge is -2.37. The van der Waals surface area contributed by atoms with Gasteiger partial charge in [-0.1, -0.05) is 0 Å². The van der Waals surface area contributed by atoms with E-state index in [-0.39, 0.29) is 30.0 Å². The van der Waals surface area contributed by atoms with Gasteiger partial charge in [0.15, 0.2) is 5.96 Å². The van der Waals surface area contributed by atoms with Gasteiger partial charge in [-0.3, -0.25) is 9.89 Å². The SMILES string of the molecule is CN=C(NC1CCN(CC(F)(F)F)C1)N1CCN(c2ncccn2)CC1.I. The number of piperazine rings is 1. The number of nitrogens with zero attached hydrogens (tertiary/aromatic N) is 6. The van der Waals surface area contributed by atoms with Crippen LogP contribution in [0.1, 0.15) is 6.42 Å². The molecule has 1 aromatic heterocycles. The van der Waals surface area contributed by atoms with Gasteiger partial charge < -0.3 is 15.1 Å². The first kappa shape index (κ1) is 21.9. The molecule has 3 heterocycles. The third-order valence-corrected chi connectivity index (χ3v) is 4.63. The summed E-state index contributed by atoms with van der Waals surface area (Å²) < 4.78 is 37.6. The molecule has 1 unspecified atom stereocenters. The van der Waals surface area contributed by atoms with Crippen LogP contribution in [0.25, 0.3) is 0 Å². The van der Waals surface area contributed by atoms with Crippen molar-refractivity contribution in [2.75, 3.05) is 57.8 Å². The highest BCUT2D eigenvalue weighted by atomic mass is 127. The average molecular weight is 499 g/mol. The van der Waals surface area contributed by atoms with Crippen molar-refractivity contribution in [3.05, 3.63) is 18.5 Å². The minimum Gasteiger partial charge on any atom is -0.352 e. The maximum absolute atomic E-state index is 12.5. The first-order valence-electron chi connectivity index (χ1n) is 8.74. The van der Waals surface area contributed by atoms with Crippen LogP contribution < -0.4 is 10.2 Å². The van der Waals surface area contributed by atoms with Crippen LogP contribution in [-0.2, 0) is 0 Å². The fourth-order valence-corrected chi connectivity index (χ4v) is 3.40. The Balaban J connectivity index is 0.00000261. The molecule has 27 heavy (non-hydrogen) atoms. The standard InChI is InChI=1S/C16H24F3N7.HI/c1-20-14(23-13-3-6-24(11-13)12-16(17,18)19)25-7-9-26(10-8-25)15-21-4-2-5-22-15;/h2,4-5,13H,3,6-12H2,1H3,(H,20,23);1H. The number of alkyl halides is 3. The Morgan fingerprint density at radius 1 is 1.19 bits per heavy atom. The zero-order valence-electron chi connectivity index (χ0n) is 15.2. The molecule has 0 spiro atoms. The zero-order chi connectivity index (χ0) is 18.6. The summed E-state index contributed by atoms with van der Waals surface area (Å²) in [5, 5.41) is 3.32. The summed E-state index contributed by atoms with van der Waals surface area (Å²) in [6.07, 6.45) is -0.0106. The van der Waals surface area contributed by atoms with Crippen molar-refractivity contribution < 1.29 is 13.2 Å². The lowest BCUT2D eigenvalue weighted by atomic mass is 10.2. The van der Waals surface area contributed by atoms with Crippen LogP contribution in [0, 0.1) is 0 Å². The maximum Gasteiger partial charge on any atom is 0.401 e. The molecule has 1 N–H and O–H groups in total. The predicted octanol–water partition coefficient (Wildman–Crippen LogP) is 1.43. The first-order chi connectivity index (χ1) is 12.4. The van der Waals surface area contributed by atoms with Gasteiger partial charge in [0.1, 0.15) is 0 Å². The molecule has 0 amide bonds. The van der Waals surface area contributed by atoms with Crippen molar-refractivity contribution in [2.45, 2.75) is 18.6 Å². The Hall–Kier alpha value is -1.37. The summed E-state index contributed by atoms with van der Waals surface area (Å²) in [5.41, 5.74) is 0. The van der Waals surface area contributed by atoms with Gasteiger partial charge in [-0.25, -0.2) is 9.97 Å². The van der Waals surface area contributed by atoms with E-state index in [0.717, 1.165) is 32.1 Å². The number of nitrogens with one attached hydrogen (secondary N) is 1. The highest BCUT2D eigenvalue weighted by Gasteiger charge is 2.35. The highest BCUT2D eigenvalue weighted by Crippen LogP contribution is 2.20. The van der Waals surface area contributed by atoms with Gasteiger partial charge in [0.05, 0.1) is 6.54 Å². The summed E-state index contributed by atoms with van der Waals surface area (Å²) >= 11 is 0. The molecule has 0 aliphatic carbocycles. The van der Waals surface area contributed by atoms with Crippen LogP contribution in [0.3, 0.4) is 0 Å². The number of halogens is 4. The molecule has 0 saturated carbocycles. The van der Waals surface area contributed by atoms with Crippen molar-refractivity contribution in [3.63, 3.8) is 0 Å². The molecule has 0 radical (unpaired) electrons. The third kappa shape index (κ3) is 6.33. The van der Waals surface area contributed by atoms with Gasteiger partial charge in [0.25, 0.3) is 0 Å². The van der Waals surface area contributed by atoms with Crippen molar-refractivity contribution in [3.8, 4) is 0 Å². The number of likely N-dealkylation sites (tertiary alicyclic amines) is 1. The molecule has 3 rings (SSSR count). The number of rotatable bonds is 3. The lowest BCUT2D eigenvalue weighted by molar-refractivity contribution is -0.143. The quantitative estimate of drug-likeness (QED) is 0.386. The molecule has 0 bridgehead atoms. The topological polar surface area (TPSA) is 59.9 Å². The largest absolute Gasteiger partial charge is 0.401 e. The summed E-state index contributed by atoms with van der Waals surface area (Å²) in [7, 11) is 1.71. The second kappa shape index (κ2) is 9.71. The molecule has 2 fully saturated rings.